The zero-order valence-electron chi connectivity index (χ0n) is 30.5. The molecule has 0 unspecified atom stereocenters. The summed E-state index contributed by atoms with van der Waals surface area (Å²) in [6.45, 7) is 9.64. The van der Waals surface area contributed by atoms with Gasteiger partial charge in [0.15, 0.2) is 0 Å². The van der Waals surface area contributed by atoms with Crippen LogP contribution in [-0.4, -0.2) is 0 Å². The molecule has 252 valence electrons. The minimum Gasteiger partial charge on any atom is -0.309 e. The van der Waals surface area contributed by atoms with E-state index in [-0.39, 0.29) is 10.8 Å². The molecule has 1 heteroatoms. The van der Waals surface area contributed by atoms with Crippen molar-refractivity contribution in [3.05, 3.63) is 186 Å². The van der Waals surface area contributed by atoms with E-state index in [1.807, 2.05) is 0 Å². The molecule has 2 aliphatic carbocycles. The molecule has 1 nitrogen and oxygen atoms in total. The van der Waals surface area contributed by atoms with Crippen LogP contribution >= 0.6 is 0 Å². The Morgan fingerprint density at radius 1 is 0.321 bits per heavy atom. The second kappa shape index (κ2) is 10.7. The van der Waals surface area contributed by atoms with Crippen LogP contribution < -0.4 is 4.90 Å². The molecule has 9 aromatic carbocycles. The van der Waals surface area contributed by atoms with Crippen molar-refractivity contribution >= 4 is 60.2 Å². The van der Waals surface area contributed by atoms with E-state index in [2.05, 4.69) is 196 Å². The minimum absolute atomic E-state index is 0.180. The van der Waals surface area contributed by atoms with Gasteiger partial charge >= 0.3 is 0 Å². The van der Waals surface area contributed by atoms with Gasteiger partial charge < -0.3 is 4.90 Å². The Morgan fingerprint density at radius 3 is 1.13 bits per heavy atom. The molecular formula is C52H39N. The van der Waals surface area contributed by atoms with Gasteiger partial charge in [0, 0.05) is 27.3 Å². The number of para-hydroxylation sites is 1. The first kappa shape index (κ1) is 30.4. The molecule has 0 atom stereocenters. The maximum atomic E-state index is 2.56. The predicted octanol–water partition coefficient (Wildman–Crippen LogP) is 14.4. The van der Waals surface area contributed by atoms with Crippen molar-refractivity contribution in [3.8, 4) is 22.3 Å². The molecule has 0 fully saturated rings. The minimum atomic E-state index is -0.180. The molecule has 53 heavy (non-hydrogen) atoms. The fourth-order valence-corrected chi connectivity index (χ4v) is 10.0. The monoisotopic (exact) mass is 677 g/mol. The number of rotatable bonds is 3. The fourth-order valence-electron chi connectivity index (χ4n) is 10.0. The normalized spacial score (nSPS) is 14.7. The first-order valence-corrected chi connectivity index (χ1v) is 18.9. The highest BCUT2D eigenvalue weighted by molar-refractivity contribution is 6.18. The van der Waals surface area contributed by atoms with E-state index in [9.17, 15) is 0 Å². The summed E-state index contributed by atoms with van der Waals surface area (Å²) in [7, 11) is 0. The van der Waals surface area contributed by atoms with Gasteiger partial charge in [-0.05, 0) is 101 Å². The van der Waals surface area contributed by atoms with Gasteiger partial charge in [-0.1, -0.05) is 167 Å². The van der Waals surface area contributed by atoms with E-state index >= 15 is 0 Å². The van der Waals surface area contributed by atoms with Gasteiger partial charge in [-0.3, -0.25) is 0 Å². The summed E-state index contributed by atoms with van der Waals surface area (Å²) in [6, 6.07) is 61.4. The number of fused-ring (bicyclic) bond motifs is 14. The number of nitrogens with zero attached hydrogens (tertiary/aromatic N) is 1. The molecule has 0 N–H and O–H groups in total. The zero-order valence-corrected chi connectivity index (χ0v) is 30.5. The molecule has 0 aromatic heterocycles. The Hall–Kier alpha value is -6.18. The highest BCUT2D eigenvalue weighted by Gasteiger charge is 2.41. The molecule has 0 heterocycles. The highest BCUT2D eigenvalue weighted by Crippen LogP contribution is 2.59. The summed E-state index contributed by atoms with van der Waals surface area (Å²) >= 11 is 0. The third-order valence-electron chi connectivity index (χ3n) is 12.6. The van der Waals surface area contributed by atoms with Crippen LogP contribution in [0.2, 0.25) is 0 Å². The smallest absolute Gasteiger partial charge is 0.0543 e. The maximum absolute atomic E-state index is 2.56. The topological polar surface area (TPSA) is 3.24 Å². The molecule has 0 amide bonds. The van der Waals surface area contributed by atoms with Gasteiger partial charge in [0.05, 0.1) is 11.4 Å². The molecule has 11 rings (SSSR count). The van der Waals surface area contributed by atoms with Crippen molar-refractivity contribution in [2.75, 3.05) is 4.90 Å². The van der Waals surface area contributed by atoms with Gasteiger partial charge in [-0.25, -0.2) is 0 Å². The van der Waals surface area contributed by atoms with Gasteiger partial charge in [0.1, 0.15) is 0 Å². The molecule has 0 saturated heterocycles. The first-order valence-electron chi connectivity index (χ1n) is 18.9. The molecule has 0 aliphatic heterocycles. The Morgan fingerprint density at radius 2 is 0.679 bits per heavy atom. The number of hydrogen-bond donors (Lipinski definition) is 0. The van der Waals surface area contributed by atoms with Gasteiger partial charge in [0.2, 0.25) is 0 Å². The van der Waals surface area contributed by atoms with Crippen LogP contribution in [0.25, 0.3) is 65.3 Å². The van der Waals surface area contributed by atoms with E-state index in [0.29, 0.717) is 0 Å². The van der Waals surface area contributed by atoms with Crippen LogP contribution in [0.3, 0.4) is 0 Å². The van der Waals surface area contributed by atoms with Crippen molar-refractivity contribution < 1.29 is 0 Å². The standard InChI is InChI=1S/C52H39N/c1-51(2)41-28-26-32-16-8-10-20-35(32)47(41)49-39-24-14-12-22-37(39)45(30-43(49)51)53(34-18-6-5-7-19-34)46-31-44-50(40-25-15-13-23-38(40)46)48-36-21-11-9-17-33(36)27-29-42(48)52(44,3)4/h5-31H,1-4H3. The summed E-state index contributed by atoms with van der Waals surface area (Å²) in [5, 5.41) is 10.3. The Labute approximate surface area is 310 Å². The Bertz CT molecular complexity index is 2810. The average molecular weight is 678 g/mol. The summed E-state index contributed by atoms with van der Waals surface area (Å²) in [6.07, 6.45) is 0. The van der Waals surface area contributed by atoms with Crippen LogP contribution in [0, 0.1) is 0 Å². The number of benzene rings is 9. The first-order chi connectivity index (χ1) is 25.8. The molecule has 2 aliphatic rings. The lowest BCUT2D eigenvalue weighted by atomic mass is 9.81. The molecular weight excluding hydrogens is 639 g/mol. The maximum Gasteiger partial charge on any atom is 0.0543 e. The van der Waals surface area contributed by atoms with Gasteiger partial charge in [-0.15, -0.1) is 0 Å². The van der Waals surface area contributed by atoms with Crippen LogP contribution in [0.1, 0.15) is 49.9 Å². The van der Waals surface area contributed by atoms with Gasteiger partial charge in [0.25, 0.3) is 0 Å². The summed E-state index contributed by atoms with van der Waals surface area (Å²) in [4.78, 5) is 2.56. The van der Waals surface area contributed by atoms with E-state index in [1.165, 1.54) is 99.0 Å². The van der Waals surface area contributed by atoms with Crippen molar-refractivity contribution in [2.24, 2.45) is 0 Å². The second-order valence-electron chi connectivity index (χ2n) is 16.1. The lowest BCUT2D eigenvalue weighted by Crippen LogP contribution is -2.18. The Balaban J connectivity index is 1.26. The van der Waals surface area contributed by atoms with Crippen LogP contribution in [0.4, 0.5) is 17.1 Å². The predicted molar refractivity (Wildman–Crippen MR) is 226 cm³/mol. The van der Waals surface area contributed by atoms with E-state index in [4.69, 9.17) is 0 Å². The van der Waals surface area contributed by atoms with Crippen LogP contribution in [-0.2, 0) is 10.8 Å². The Kier molecular flexibility index (Phi) is 6.14. The summed E-state index contributed by atoms with van der Waals surface area (Å²) < 4.78 is 0. The van der Waals surface area contributed by atoms with E-state index in [1.54, 1.807) is 0 Å². The summed E-state index contributed by atoms with van der Waals surface area (Å²) in [5.41, 5.74) is 14.3. The fraction of sp³-hybridized carbons (Fsp3) is 0.115. The van der Waals surface area contributed by atoms with Crippen LogP contribution in [0.15, 0.2) is 164 Å². The van der Waals surface area contributed by atoms with Crippen molar-refractivity contribution in [2.45, 2.75) is 38.5 Å². The summed E-state index contributed by atoms with van der Waals surface area (Å²) in [5.74, 6) is 0. The average Bonchev–Trinajstić information content (AvgIpc) is 3.58. The van der Waals surface area contributed by atoms with Gasteiger partial charge in [-0.2, -0.15) is 0 Å². The molecule has 0 spiro atoms. The zero-order chi connectivity index (χ0) is 35.6. The van der Waals surface area contributed by atoms with Crippen LogP contribution in [0.5, 0.6) is 0 Å². The van der Waals surface area contributed by atoms with Crippen molar-refractivity contribution in [1.82, 2.24) is 0 Å². The largest absolute Gasteiger partial charge is 0.309 e. The quantitative estimate of drug-likeness (QED) is 0.180. The SMILES string of the molecule is CC1(C)c2ccc3ccccc3c2-c2c1cc(N(c1ccccc1)c1cc3c(c4ccccc14)-c1c(ccc4ccccc14)C3(C)C)c1ccccc21. The van der Waals surface area contributed by atoms with E-state index in [0.717, 1.165) is 5.69 Å². The molecule has 0 bridgehead atoms. The number of hydrogen-bond acceptors (Lipinski definition) is 1. The van der Waals surface area contributed by atoms with Crippen molar-refractivity contribution in [3.63, 3.8) is 0 Å². The lowest BCUT2D eigenvalue weighted by Gasteiger charge is -2.32. The lowest BCUT2D eigenvalue weighted by molar-refractivity contribution is 0.661. The third-order valence-corrected chi connectivity index (χ3v) is 12.6. The van der Waals surface area contributed by atoms with E-state index < -0.39 is 0 Å². The number of anilines is 3. The molecule has 9 aromatic rings. The highest BCUT2D eigenvalue weighted by atomic mass is 15.1. The van der Waals surface area contributed by atoms with Crippen molar-refractivity contribution in [1.29, 1.82) is 0 Å². The molecule has 0 radical (unpaired) electrons. The second-order valence-corrected chi connectivity index (χ2v) is 16.1. The third kappa shape index (κ3) is 4.03. The molecule has 0 saturated carbocycles.